The number of anilines is 5. The summed E-state index contributed by atoms with van der Waals surface area (Å²) in [7, 11) is 0. The van der Waals surface area contributed by atoms with Gasteiger partial charge >= 0.3 is 0 Å². The number of benzene rings is 1. The number of rotatable bonds is 8. The predicted molar refractivity (Wildman–Crippen MR) is 153 cm³/mol. The molecule has 13 heteroatoms. The normalized spacial score (nSPS) is 17.7. The van der Waals surface area contributed by atoms with Gasteiger partial charge in [-0.2, -0.15) is 15.1 Å². The molecule has 4 N–H and O–H groups in total. The lowest BCUT2D eigenvalue weighted by Gasteiger charge is -2.34. The molecule has 0 bridgehead atoms. The zero-order chi connectivity index (χ0) is 27.3. The van der Waals surface area contributed by atoms with Gasteiger partial charge < -0.3 is 30.9 Å². The fourth-order valence-electron chi connectivity index (χ4n) is 4.92. The van der Waals surface area contributed by atoms with Gasteiger partial charge in [-0.15, -0.1) is 0 Å². The van der Waals surface area contributed by atoms with Gasteiger partial charge in [0, 0.05) is 57.4 Å². The highest BCUT2D eigenvalue weighted by molar-refractivity contribution is 5.56. The fraction of sp³-hybridized carbons (Fsp3) is 0.407. The van der Waals surface area contributed by atoms with Crippen molar-refractivity contribution in [1.82, 2.24) is 40.0 Å². The highest BCUT2D eigenvalue weighted by Crippen LogP contribution is 2.22. The van der Waals surface area contributed by atoms with Crippen LogP contribution in [0.2, 0.25) is 0 Å². The number of morpholine rings is 1. The molecule has 13 nitrogen and oxygen atoms in total. The first-order chi connectivity index (χ1) is 19.6. The van der Waals surface area contributed by atoms with Crippen molar-refractivity contribution >= 4 is 29.4 Å². The van der Waals surface area contributed by atoms with Crippen LogP contribution in [0, 0.1) is 6.92 Å². The highest BCUT2D eigenvalue weighted by Gasteiger charge is 2.22. The van der Waals surface area contributed by atoms with Crippen LogP contribution in [0.15, 0.2) is 49.1 Å². The Balaban J connectivity index is 1.05. The van der Waals surface area contributed by atoms with Crippen LogP contribution in [0.3, 0.4) is 0 Å². The van der Waals surface area contributed by atoms with Crippen LogP contribution in [-0.2, 0) is 17.7 Å². The number of nitrogens with zero attached hydrogens (tertiary/aromatic N) is 9. The van der Waals surface area contributed by atoms with Crippen molar-refractivity contribution in [3.63, 3.8) is 0 Å². The van der Waals surface area contributed by atoms with Gasteiger partial charge in [0.1, 0.15) is 12.1 Å². The summed E-state index contributed by atoms with van der Waals surface area (Å²) in [5.41, 5.74) is 10.3. The number of piperazine rings is 1. The first-order valence-corrected chi connectivity index (χ1v) is 13.6. The zero-order valence-corrected chi connectivity index (χ0v) is 22.6. The molecule has 0 unspecified atom stereocenters. The summed E-state index contributed by atoms with van der Waals surface area (Å²) in [6.45, 7) is 8.07. The number of ether oxygens (including phenoxy) is 1. The molecule has 0 radical (unpaired) electrons. The lowest BCUT2D eigenvalue weighted by Crippen LogP contribution is -2.47. The summed E-state index contributed by atoms with van der Waals surface area (Å²) in [5.74, 6) is 2.28. The molecule has 0 amide bonds. The molecule has 0 saturated carbocycles. The molecule has 6 rings (SSSR count). The Morgan fingerprint density at radius 3 is 2.50 bits per heavy atom. The van der Waals surface area contributed by atoms with Gasteiger partial charge in [0.05, 0.1) is 36.8 Å². The van der Waals surface area contributed by atoms with Crippen molar-refractivity contribution in [3.05, 3.63) is 65.9 Å². The molecule has 0 spiro atoms. The molecule has 40 heavy (non-hydrogen) atoms. The standard InChI is InChI=1S/C27H34N12O/c1-19-23(16-33-39(19)17-22-15-29-7-12-40-22)34-25-31-18-32-27(36-25)38-10-8-37(9-11-38)26-30-14-21(24(28)35-26)13-20-5-3-2-4-6-20/h2-6,14,16,18,22,29H,7-13,15,17H2,1H3,(H2,28,30,35)(H,31,32,34,36)/t22-/m0/s1. The third-order valence-corrected chi connectivity index (χ3v) is 7.26. The average Bonchev–Trinajstić information content (AvgIpc) is 3.33. The molecule has 4 aromatic rings. The molecule has 3 aromatic heterocycles. The van der Waals surface area contributed by atoms with Gasteiger partial charge in [-0.3, -0.25) is 4.68 Å². The minimum atomic E-state index is 0.108. The SMILES string of the molecule is Cc1c(Nc2ncnc(N3CCN(c4ncc(Cc5ccccc5)c(N)n4)CC3)n2)cnn1C[C@@H]1CNCCO1. The van der Waals surface area contributed by atoms with Gasteiger partial charge in [-0.05, 0) is 12.5 Å². The van der Waals surface area contributed by atoms with Gasteiger partial charge in [-0.25, -0.2) is 15.0 Å². The van der Waals surface area contributed by atoms with Gasteiger partial charge in [0.25, 0.3) is 0 Å². The molecule has 1 atom stereocenters. The van der Waals surface area contributed by atoms with Crippen LogP contribution in [0.4, 0.5) is 29.4 Å². The second-order valence-corrected chi connectivity index (χ2v) is 9.97. The Kier molecular flexibility index (Phi) is 7.64. The highest BCUT2D eigenvalue weighted by atomic mass is 16.5. The topological polar surface area (TPSA) is 148 Å². The van der Waals surface area contributed by atoms with Crippen LogP contribution in [0.1, 0.15) is 16.8 Å². The van der Waals surface area contributed by atoms with E-state index in [4.69, 9.17) is 10.5 Å². The molecule has 2 fully saturated rings. The van der Waals surface area contributed by atoms with E-state index in [-0.39, 0.29) is 6.10 Å². The quantitative estimate of drug-likeness (QED) is 0.295. The summed E-state index contributed by atoms with van der Waals surface area (Å²) >= 11 is 0. The maximum Gasteiger partial charge on any atom is 0.232 e. The lowest BCUT2D eigenvalue weighted by molar-refractivity contribution is 0.0158. The summed E-state index contributed by atoms with van der Waals surface area (Å²) in [4.78, 5) is 26.9. The molecule has 2 aliphatic rings. The lowest BCUT2D eigenvalue weighted by atomic mass is 10.1. The van der Waals surface area contributed by atoms with E-state index in [1.165, 1.54) is 11.9 Å². The predicted octanol–water partition coefficient (Wildman–Crippen LogP) is 1.40. The second-order valence-electron chi connectivity index (χ2n) is 9.97. The number of hydrogen-bond acceptors (Lipinski definition) is 12. The van der Waals surface area contributed by atoms with Crippen molar-refractivity contribution < 1.29 is 4.74 Å². The molecular formula is C27H34N12O. The van der Waals surface area contributed by atoms with Crippen molar-refractivity contribution in [1.29, 1.82) is 0 Å². The van der Waals surface area contributed by atoms with Gasteiger partial charge in [-0.1, -0.05) is 30.3 Å². The third-order valence-electron chi connectivity index (χ3n) is 7.26. The number of nitrogens with one attached hydrogen (secondary N) is 2. The molecule has 208 valence electrons. The molecule has 0 aliphatic carbocycles. The third kappa shape index (κ3) is 5.95. The van der Waals surface area contributed by atoms with E-state index in [0.717, 1.165) is 62.8 Å². The molecule has 2 saturated heterocycles. The van der Waals surface area contributed by atoms with Crippen molar-refractivity contribution in [2.24, 2.45) is 0 Å². The Labute approximate surface area is 232 Å². The molecule has 5 heterocycles. The van der Waals surface area contributed by atoms with E-state index in [2.05, 4.69) is 62.6 Å². The molecule has 2 aliphatic heterocycles. The largest absolute Gasteiger partial charge is 0.383 e. The number of nitrogen functional groups attached to an aromatic ring is 1. The monoisotopic (exact) mass is 542 g/mol. The Bertz CT molecular complexity index is 1410. The van der Waals surface area contributed by atoms with Gasteiger partial charge in [0.15, 0.2) is 0 Å². The van der Waals surface area contributed by atoms with E-state index in [0.29, 0.717) is 36.6 Å². The number of nitrogens with two attached hydrogens (primary N) is 1. The van der Waals surface area contributed by atoms with E-state index in [1.54, 1.807) is 6.20 Å². The first-order valence-electron chi connectivity index (χ1n) is 13.6. The Morgan fingerprint density at radius 2 is 1.77 bits per heavy atom. The van der Waals surface area contributed by atoms with Crippen molar-refractivity contribution in [2.45, 2.75) is 26.0 Å². The van der Waals surface area contributed by atoms with Crippen molar-refractivity contribution in [3.8, 4) is 0 Å². The summed E-state index contributed by atoms with van der Waals surface area (Å²) < 4.78 is 7.76. The number of aromatic nitrogens is 7. The summed E-state index contributed by atoms with van der Waals surface area (Å²) in [5, 5.41) is 11.2. The van der Waals surface area contributed by atoms with E-state index >= 15 is 0 Å². The maximum absolute atomic E-state index is 6.30. The average molecular weight is 543 g/mol. The van der Waals surface area contributed by atoms with Crippen LogP contribution >= 0.6 is 0 Å². The zero-order valence-electron chi connectivity index (χ0n) is 22.6. The van der Waals surface area contributed by atoms with Crippen molar-refractivity contribution in [2.75, 3.05) is 66.7 Å². The molecular weight excluding hydrogens is 508 g/mol. The van der Waals surface area contributed by atoms with E-state index in [9.17, 15) is 0 Å². The maximum atomic E-state index is 6.30. The van der Waals surface area contributed by atoms with Crippen LogP contribution in [-0.4, -0.2) is 86.7 Å². The number of hydrogen-bond donors (Lipinski definition) is 3. The fourth-order valence-corrected chi connectivity index (χ4v) is 4.92. The van der Waals surface area contributed by atoms with E-state index < -0.39 is 0 Å². The Hall–Kier alpha value is -4.36. The smallest absolute Gasteiger partial charge is 0.232 e. The van der Waals surface area contributed by atoms with Gasteiger partial charge in [0.2, 0.25) is 17.8 Å². The minimum Gasteiger partial charge on any atom is -0.383 e. The summed E-state index contributed by atoms with van der Waals surface area (Å²) in [6, 6.07) is 10.2. The van der Waals surface area contributed by atoms with Crippen LogP contribution < -0.4 is 26.2 Å². The van der Waals surface area contributed by atoms with Crippen LogP contribution in [0.5, 0.6) is 0 Å². The molecule has 1 aromatic carbocycles. The van der Waals surface area contributed by atoms with Crippen LogP contribution in [0.25, 0.3) is 0 Å². The van der Waals surface area contributed by atoms with E-state index in [1.807, 2.05) is 36.0 Å². The second kappa shape index (κ2) is 11.8. The first kappa shape index (κ1) is 25.9. The Morgan fingerprint density at radius 1 is 1.00 bits per heavy atom. The minimum absolute atomic E-state index is 0.108. The summed E-state index contributed by atoms with van der Waals surface area (Å²) in [6.07, 6.45) is 5.99.